The zero-order chi connectivity index (χ0) is 26.2. The number of carbonyl (C=O) groups excluding carboxylic acids is 1. The summed E-state index contributed by atoms with van der Waals surface area (Å²) in [7, 11) is 1.36. The molecule has 0 fully saturated rings. The molecule has 11 heteroatoms. The second kappa shape index (κ2) is 13.0. The Bertz CT molecular complexity index is 1210. The minimum Gasteiger partial charge on any atom is -0.468 e. The number of hydrogen-bond donors (Lipinski definition) is 1. The van der Waals surface area contributed by atoms with Crippen LogP contribution in [-0.2, 0) is 9.53 Å². The van der Waals surface area contributed by atoms with Gasteiger partial charge < -0.3 is 10.1 Å². The molecule has 1 N–H and O–H groups in total. The van der Waals surface area contributed by atoms with Crippen molar-refractivity contribution in [1.82, 2.24) is 13.9 Å². The minimum atomic E-state index is -0.586. The van der Waals surface area contributed by atoms with Gasteiger partial charge in [0.15, 0.2) is 17.3 Å². The molecule has 0 aliphatic heterocycles. The van der Waals surface area contributed by atoms with Crippen LogP contribution in [0, 0.1) is 28.4 Å². The van der Waals surface area contributed by atoms with Gasteiger partial charge >= 0.3 is 0 Å². The number of anilines is 1. The van der Waals surface area contributed by atoms with Gasteiger partial charge in [-0.05, 0) is 37.3 Å². The lowest BCUT2D eigenvalue weighted by atomic mass is 9.80. The molecule has 0 radical (unpaired) electrons. The Morgan fingerprint density at radius 2 is 2.06 bits per heavy atom. The second-order valence-electron chi connectivity index (χ2n) is 8.29. The number of pyridine rings is 2. The maximum atomic E-state index is 14.8. The maximum absolute atomic E-state index is 14.8. The third-order valence-electron chi connectivity index (χ3n) is 5.81. The predicted molar refractivity (Wildman–Crippen MR) is 144 cm³/mol. The smallest absolute Gasteiger partial charge is 0.293 e. The molecule has 0 aliphatic rings. The monoisotopic (exact) mass is 615 g/mol. The van der Waals surface area contributed by atoms with E-state index >= 15 is 0 Å². The second-order valence-corrected chi connectivity index (χ2v) is 10.0. The lowest BCUT2D eigenvalue weighted by molar-refractivity contribution is -0.128. The molecule has 3 rings (SSSR count). The average Bonchev–Trinajstić information content (AvgIpc) is 3.21. The van der Waals surface area contributed by atoms with Crippen molar-refractivity contribution in [3.05, 3.63) is 41.7 Å². The zero-order valence-corrected chi connectivity index (χ0v) is 23.2. The average molecular weight is 615 g/mol. The molecular weight excluding hydrogens is 587 g/mol. The Morgan fingerprint density at radius 1 is 1.34 bits per heavy atom. The Morgan fingerprint density at radius 3 is 2.57 bits per heavy atom. The van der Waals surface area contributed by atoms with Gasteiger partial charge in [-0.1, -0.05) is 27.7 Å². The van der Waals surface area contributed by atoms with Gasteiger partial charge in [-0.15, -0.1) is 0 Å². The minimum absolute atomic E-state index is 0.00404. The van der Waals surface area contributed by atoms with Gasteiger partial charge in [0.05, 0.1) is 24.1 Å². The first-order valence-electron chi connectivity index (χ1n) is 11.1. The third-order valence-corrected chi connectivity index (χ3v) is 7.51. The fraction of sp³-hybridized carbons (Fsp3) is 0.417. The molecule has 3 aromatic rings. The fourth-order valence-corrected chi connectivity index (χ4v) is 4.76. The van der Waals surface area contributed by atoms with Gasteiger partial charge in [0.1, 0.15) is 11.9 Å². The zero-order valence-electron chi connectivity index (χ0n) is 20.2. The Kier molecular flexibility index (Phi) is 10.7. The molecule has 7 nitrogen and oxygen atoms in total. The highest BCUT2D eigenvalue weighted by Crippen LogP contribution is 2.36. The quantitative estimate of drug-likeness (QED) is 0.207. The number of aromatic nitrogens is 3. The maximum Gasteiger partial charge on any atom is 0.293 e. The number of carbonyl (C=O) groups is 1. The van der Waals surface area contributed by atoms with E-state index in [1.54, 1.807) is 17.1 Å². The van der Waals surface area contributed by atoms with Crippen molar-refractivity contribution in [1.29, 1.82) is 5.26 Å². The summed E-state index contributed by atoms with van der Waals surface area (Å²) in [5, 5.41) is 13.3. The Labute approximate surface area is 220 Å². The van der Waals surface area contributed by atoms with Crippen molar-refractivity contribution in [3.63, 3.8) is 0 Å². The molecule has 3 aromatic heterocycles. The number of nitrogens with zero attached hydrogens (tertiary/aromatic N) is 4. The van der Waals surface area contributed by atoms with Crippen molar-refractivity contribution in [2.45, 2.75) is 53.5 Å². The fourth-order valence-electron chi connectivity index (χ4n) is 3.51. The number of ether oxygens (including phenoxy) is 1. The van der Waals surface area contributed by atoms with Crippen LogP contribution < -0.4 is 5.32 Å². The standard InChI is InChI=1S/C21H22F2IN5S.C3H6O2/c1-5-17(21(3,4)6-2)27-19-16(23)7-12(9-25)18(28-19)15-11-29(30-24)20-14(15)8-13(22)10-26-20;1-2-5-3-4/h7-8,10-11,17H,5-6H2,1-4H3,(H,27,28);3H,2H2,1H3. The summed E-state index contributed by atoms with van der Waals surface area (Å²) in [4.78, 5) is 17.8. The van der Waals surface area contributed by atoms with Crippen LogP contribution in [0.1, 0.15) is 53.0 Å². The van der Waals surface area contributed by atoms with E-state index in [-0.39, 0.29) is 22.8 Å². The summed E-state index contributed by atoms with van der Waals surface area (Å²) in [6.07, 6.45) is 4.59. The molecule has 0 amide bonds. The molecule has 0 aromatic carbocycles. The van der Waals surface area contributed by atoms with Crippen molar-refractivity contribution < 1.29 is 18.3 Å². The normalized spacial score (nSPS) is 11.9. The third kappa shape index (κ3) is 6.82. The number of nitriles is 1. The van der Waals surface area contributed by atoms with Gasteiger partial charge in [0, 0.05) is 53.5 Å². The van der Waals surface area contributed by atoms with Crippen molar-refractivity contribution in [2.24, 2.45) is 5.41 Å². The summed E-state index contributed by atoms with van der Waals surface area (Å²) >= 11 is 2.09. The van der Waals surface area contributed by atoms with E-state index in [0.29, 0.717) is 35.4 Å². The van der Waals surface area contributed by atoms with Gasteiger partial charge in [0.2, 0.25) is 0 Å². The largest absolute Gasteiger partial charge is 0.468 e. The van der Waals surface area contributed by atoms with E-state index in [0.717, 1.165) is 19.0 Å². The molecule has 3 heterocycles. The molecule has 1 unspecified atom stereocenters. The topological polar surface area (TPSA) is 92.8 Å². The van der Waals surface area contributed by atoms with E-state index in [1.165, 1.54) is 21.3 Å². The molecule has 1 atom stereocenters. The number of halogens is 3. The van der Waals surface area contributed by atoms with E-state index < -0.39 is 11.6 Å². The highest BCUT2D eigenvalue weighted by atomic mass is 127. The molecule has 0 saturated heterocycles. The number of fused-ring (bicyclic) bond motifs is 1. The van der Waals surface area contributed by atoms with Crippen molar-refractivity contribution >= 4 is 53.6 Å². The molecule has 188 valence electrons. The van der Waals surface area contributed by atoms with Crippen LogP contribution in [0.15, 0.2) is 24.5 Å². The van der Waals surface area contributed by atoms with Gasteiger partial charge in [-0.3, -0.25) is 8.77 Å². The molecule has 0 spiro atoms. The summed E-state index contributed by atoms with van der Waals surface area (Å²) < 4.78 is 34.6. The molecular formula is C24H28F2IN5O2S. The first-order chi connectivity index (χ1) is 16.7. The molecule has 0 aliphatic carbocycles. The van der Waals surface area contributed by atoms with Gasteiger partial charge in [-0.2, -0.15) is 5.26 Å². The Hall–Kier alpha value is -2.46. The summed E-state index contributed by atoms with van der Waals surface area (Å²) in [5.74, 6) is -0.989. The van der Waals surface area contributed by atoms with Gasteiger partial charge in [0.25, 0.3) is 6.47 Å². The van der Waals surface area contributed by atoms with Crippen molar-refractivity contribution in [3.8, 4) is 17.3 Å². The van der Waals surface area contributed by atoms with Gasteiger partial charge in [-0.25, -0.2) is 18.7 Å². The number of hydrogen-bond acceptors (Lipinski definition) is 7. The number of rotatable bonds is 9. The first-order valence-corrected chi connectivity index (χ1v) is 14.4. The predicted octanol–water partition coefficient (Wildman–Crippen LogP) is 6.90. The van der Waals surface area contributed by atoms with Crippen LogP contribution in [0.4, 0.5) is 14.6 Å². The van der Waals surface area contributed by atoms with E-state index in [1.807, 2.05) is 13.0 Å². The highest BCUT2D eigenvalue weighted by Gasteiger charge is 2.28. The lowest BCUT2D eigenvalue weighted by Crippen LogP contribution is -2.35. The van der Waals surface area contributed by atoms with E-state index in [2.05, 4.69) is 62.0 Å². The summed E-state index contributed by atoms with van der Waals surface area (Å²) in [6, 6.07) is 4.55. The first kappa shape index (κ1) is 28.8. The van der Waals surface area contributed by atoms with E-state index in [9.17, 15) is 18.8 Å². The molecule has 0 bridgehead atoms. The SMILES string of the molecule is CCC(Nc1nc(-c2cn(SI)c3ncc(F)cc23)c(C#N)cc1F)C(C)(C)CC.CCOC=O. The van der Waals surface area contributed by atoms with Crippen LogP contribution in [-0.4, -0.2) is 33.1 Å². The Balaban J connectivity index is 0.000000784. The molecule has 0 saturated carbocycles. The van der Waals surface area contributed by atoms with Crippen molar-refractivity contribution in [2.75, 3.05) is 11.9 Å². The van der Waals surface area contributed by atoms with Crippen LogP contribution in [0.3, 0.4) is 0 Å². The highest BCUT2D eigenvalue weighted by molar-refractivity contribution is 14.2. The van der Waals surface area contributed by atoms with Crippen LogP contribution in [0.25, 0.3) is 22.3 Å². The van der Waals surface area contributed by atoms with Crippen LogP contribution >= 0.6 is 30.3 Å². The lowest BCUT2D eigenvalue weighted by Gasteiger charge is -2.34. The number of nitrogens with one attached hydrogen (secondary N) is 1. The van der Waals surface area contributed by atoms with Crippen LogP contribution in [0.5, 0.6) is 0 Å². The summed E-state index contributed by atoms with van der Waals surface area (Å²) in [6.45, 7) is 11.0. The van der Waals surface area contributed by atoms with Crippen LogP contribution in [0.2, 0.25) is 0 Å². The van der Waals surface area contributed by atoms with E-state index in [4.69, 9.17) is 0 Å². The summed E-state index contributed by atoms with van der Waals surface area (Å²) in [5.41, 5.74) is 1.39. The molecule has 35 heavy (non-hydrogen) atoms.